The van der Waals surface area contributed by atoms with Gasteiger partial charge in [0.05, 0.1) is 0 Å². The van der Waals surface area contributed by atoms with Gasteiger partial charge in [-0.15, -0.1) is 0 Å². The Morgan fingerprint density at radius 3 is 2.47 bits per heavy atom. The highest BCUT2D eigenvalue weighted by Gasteiger charge is 2.38. The van der Waals surface area contributed by atoms with E-state index in [0.717, 1.165) is 43.6 Å². The molecule has 0 bridgehead atoms. The highest BCUT2D eigenvalue weighted by molar-refractivity contribution is 5.29. The van der Waals surface area contributed by atoms with Gasteiger partial charge in [-0.2, -0.15) is 0 Å². The third kappa shape index (κ3) is 3.31. The second-order valence-corrected chi connectivity index (χ2v) is 5.75. The van der Waals surface area contributed by atoms with Crippen molar-refractivity contribution in [2.24, 2.45) is 5.92 Å². The van der Waals surface area contributed by atoms with Crippen LogP contribution in [0.25, 0.3) is 0 Å². The summed E-state index contributed by atoms with van der Waals surface area (Å²) in [5.41, 5.74) is 0.792. The molecule has 0 aromatic heterocycles. The van der Waals surface area contributed by atoms with Crippen LogP contribution in [-0.4, -0.2) is 25.7 Å². The molecule has 1 aliphatic carbocycles. The number of benzene rings is 1. The van der Waals surface area contributed by atoms with E-state index in [2.05, 4.69) is 10.6 Å². The molecule has 2 nitrogen and oxygen atoms in total. The molecule has 1 aliphatic heterocycles. The van der Waals surface area contributed by atoms with Crippen LogP contribution in [0.1, 0.15) is 30.7 Å². The second kappa shape index (κ2) is 5.55. The zero-order valence-corrected chi connectivity index (χ0v) is 11.0. The maximum absolute atomic E-state index is 13.2. The molecule has 0 radical (unpaired) electrons. The van der Waals surface area contributed by atoms with Crippen molar-refractivity contribution in [3.8, 4) is 0 Å². The normalized spacial score (nSPS) is 27.5. The first-order valence-electron chi connectivity index (χ1n) is 7.12. The van der Waals surface area contributed by atoms with Gasteiger partial charge in [-0.05, 0) is 62.5 Å². The Morgan fingerprint density at radius 2 is 1.79 bits per heavy atom. The first-order valence-corrected chi connectivity index (χ1v) is 7.12. The highest BCUT2D eigenvalue weighted by Crippen LogP contribution is 2.41. The van der Waals surface area contributed by atoms with E-state index in [1.165, 1.54) is 25.0 Å². The van der Waals surface area contributed by atoms with E-state index in [4.69, 9.17) is 0 Å². The van der Waals surface area contributed by atoms with Gasteiger partial charge in [-0.25, -0.2) is 8.78 Å². The molecule has 0 amide bonds. The van der Waals surface area contributed by atoms with Gasteiger partial charge >= 0.3 is 0 Å². The number of hydrogen-bond acceptors (Lipinski definition) is 2. The Kier molecular flexibility index (Phi) is 3.80. The van der Waals surface area contributed by atoms with E-state index >= 15 is 0 Å². The zero-order valence-electron chi connectivity index (χ0n) is 11.0. The Morgan fingerprint density at radius 1 is 1.11 bits per heavy atom. The summed E-state index contributed by atoms with van der Waals surface area (Å²) in [4.78, 5) is 0. The smallest absolute Gasteiger partial charge is 0.126 e. The molecule has 1 saturated carbocycles. The Hall–Kier alpha value is -1.00. The Labute approximate surface area is 112 Å². The van der Waals surface area contributed by atoms with Gasteiger partial charge in [0, 0.05) is 18.0 Å². The minimum absolute atomic E-state index is 0.284. The fraction of sp³-hybridized carbons (Fsp3) is 0.600. The largest absolute Gasteiger partial charge is 0.317 e. The summed E-state index contributed by atoms with van der Waals surface area (Å²) in [6.45, 7) is 3.24. The number of halogens is 2. The number of piperidine rings is 1. The van der Waals surface area contributed by atoms with Crippen molar-refractivity contribution in [2.45, 2.75) is 31.2 Å². The third-order valence-electron chi connectivity index (χ3n) is 4.23. The maximum atomic E-state index is 13.2. The molecule has 1 aromatic rings. The van der Waals surface area contributed by atoms with Gasteiger partial charge in [-0.3, -0.25) is 0 Å². The summed E-state index contributed by atoms with van der Waals surface area (Å²) >= 11 is 0. The lowest BCUT2D eigenvalue weighted by Crippen LogP contribution is -2.34. The predicted molar refractivity (Wildman–Crippen MR) is 71.1 cm³/mol. The van der Waals surface area contributed by atoms with Crippen molar-refractivity contribution in [1.82, 2.24) is 10.6 Å². The van der Waals surface area contributed by atoms with Crippen LogP contribution < -0.4 is 10.6 Å². The molecule has 1 unspecified atom stereocenters. The van der Waals surface area contributed by atoms with Crippen molar-refractivity contribution in [3.63, 3.8) is 0 Å². The lowest BCUT2D eigenvalue weighted by molar-refractivity contribution is 0.355. The van der Waals surface area contributed by atoms with Gasteiger partial charge in [0.15, 0.2) is 0 Å². The molecule has 1 heterocycles. The van der Waals surface area contributed by atoms with Crippen molar-refractivity contribution in [2.75, 3.05) is 19.6 Å². The molecule has 2 fully saturated rings. The van der Waals surface area contributed by atoms with Gasteiger partial charge in [0.1, 0.15) is 11.6 Å². The summed E-state index contributed by atoms with van der Waals surface area (Å²) in [7, 11) is 0. The van der Waals surface area contributed by atoms with Crippen LogP contribution in [0.2, 0.25) is 0 Å². The Balaban J connectivity index is 1.50. The fourth-order valence-corrected chi connectivity index (χ4v) is 2.98. The van der Waals surface area contributed by atoms with Gasteiger partial charge in [0.25, 0.3) is 0 Å². The first kappa shape index (κ1) is 13.0. The second-order valence-electron chi connectivity index (χ2n) is 5.75. The molecule has 2 aliphatic rings. The van der Waals surface area contributed by atoms with E-state index in [1.807, 2.05) is 0 Å². The first-order chi connectivity index (χ1) is 9.22. The maximum Gasteiger partial charge on any atom is 0.126 e. The molecule has 2 atom stereocenters. The van der Waals surface area contributed by atoms with Crippen LogP contribution in [0.4, 0.5) is 8.78 Å². The summed E-state index contributed by atoms with van der Waals surface area (Å²) < 4.78 is 26.3. The average molecular weight is 266 g/mol. The van der Waals surface area contributed by atoms with Crippen LogP contribution in [0, 0.1) is 17.6 Å². The molecule has 3 rings (SSSR count). The van der Waals surface area contributed by atoms with Crippen molar-refractivity contribution in [1.29, 1.82) is 0 Å². The molecule has 1 aromatic carbocycles. The van der Waals surface area contributed by atoms with E-state index in [-0.39, 0.29) is 5.92 Å². The van der Waals surface area contributed by atoms with Crippen LogP contribution >= 0.6 is 0 Å². The SMILES string of the molecule is Fc1cc(F)cc([C@H]2CC2NCC2CCNCC2)c1. The fourth-order valence-electron chi connectivity index (χ4n) is 2.98. The molecular weight excluding hydrogens is 246 g/mol. The molecule has 2 N–H and O–H groups in total. The van der Waals surface area contributed by atoms with Crippen LogP contribution in [-0.2, 0) is 0 Å². The quantitative estimate of drug-likeness (QED) is 0.874. The van der Waals surface area contributed by atoms with Gasteiger partial charge in [0.2, 0.25) is 0 Å². The van der Waals surface area contributed by atoms with E-state index in [9.17, 15) is 8.78 Å². The molecule has 0 spiro atoms. The molecule has 19 heavy (non-hydrogen) atoms. The molecule has 4 heteroatoms. The minimum Gasteiger partial charge on any atom is -0.317 e. The van der Waals surface area contributed by atoms with Crippen molar-refractivity contribution < 1.29 is 8.78 Å². The summed E-state index contributed by atoms with van der Waals surface area (Å²) in [6, 6.07) is 4.25. The lowest BCUT2D eigenvalue weighted by Gasteiger charge is -2.22. The van der Waals surface area contributed by atoms with Gasteiger partial charge in [-0.1, -0.05) is 0 Å². The number of rotatable bonds is 4. The van der Waals surface area contributed by atoms with E-state index < -0.39 is 11.6 Å². The topological polar surface area (TPSA) is 24.1 Å². The van der Waals surface area contributed by atoms with Crippen LogP contribution in [0.15, 0.2) is 18.2 Å². The minimum atomic E-state index is -0.473. The van der Waals surface area contributed by atoms with Crippen LogP contribution in [0.3, 0.4) is 0 Å². The summed E-state index contributed by atoms with van der Waals surface area (Å²) in [6.07, 6.45) is 3.44. The third-order valence-corrected chi connectivity index (χ3v) is 4.23. The monoisotopic (exact) mass is 266 g/mol. The summed E-state index contributed by atoms with van der Waals surface area (Å²) in [5.74, 6) is 0.0803. The summed E-state index contributed by atoms with van der Waals surface area (Å²) in [5, 5.41) is 6.90. The zero-order chi connectivity index (χ0) is 13.2. The van der Waals surface area contributed by atoms with E-state index in [1.54, 1.807) is 0 Å². The Bertz CT molecular complexity index is 424. The van der Waals surface area contributed by atoms with Crippen molar-refractivity contribution in [3.05, 3.63) is 35.4 Å². The van der Waals surface area contributed by atoms with Crippen LogP contribution in [0.5, 0.6) is 0 Å². The molecular formula is C15H20F2N2. The highest BCUT2D eigenvalue weighted by atomic mass is 19.1. The average Bonchev–Trinajstić information content (AvgIpc) is 3.16. The predicted octanol–water partition coefficient (Wildman–Crippen LogP) is 2.41. The molecule has 1 saturated heterocycles. The lowest BCUT2D eigenvalue weighted by atomic mass is 9.98. The standard InChI is InChI=1S/C15H20F2N2/c16-12-5-11(6-13(17)7-12)14-8-15(14)19-9-10-1-3-18-4-2-10/h5-7,10,14-15,18-19H,1-4,8-9H2/t14-,15?/m1/s1. The molecule has 104 valence electrons. The van der Waals surface area contributed by atoms with Gasteiger partial charge < -0.3 is 10.6 Å². The van der Waals surface area contributed by atoms with Crippen molar-refractivity contribution >= 4 is 0 Å². The van der Waals surface area contributed by atoms with E-state index in [0.29, 0.717) is 6.04 Å². The number of nitrogens with one attached hydrogen (secondary N) is 2. The number of hydrogen-bond donors (Lipinski definition) is 2.